The molecular formula is C18H18N2O3. The lowest BCUT2D eigenvalue weighted by atomic mass is 10.0. The molecule has 0 aliphatic carbocycles. The van der Waals surface area contributed by atoms with Crippen LogP contribution in [0.25, 0.3) is 0 Å². The van der Waals surface area contributed by atoms with Crippen LogP contribution in [0.1, 0.15) is 11.1 Å². The van der Waals surface area contributed by atoms with Gasteiger partial charge in [-0.2, -0.15) is 0 Å². The second kappa shape index (κ2) is 6.96. The first-order chi connectivity index (χ1) is 11.2. The number of hydrogen-bond acceptors (Lipinski definition) is 3. The molecule has 0 unspecified atom stereocenters. The Balaban J connectivity index is 1.56. The molecule has 0 saturated carbocycles. The highest BCUT2D eigenvalue weighted by molar-refractivity contribution is 5.94. The van der Waals surface area contributed by atoms with Gasteiger partial charge in [-0.15, -0.1) is 0 Å². The normalized spacial score (nSPS) is 17.3. The van der Waals surface area contributed by atoms with E-state index in [-0.39, 0.29) is 18.4 Å². The largest absolute Gasteiger partial charge is 0.489 e. The lowest BCUT2D eigenvalue weighted by molar-refractivity contribution is -0.133. The Morgan fingerprint density at radius 1 is 0.957 bits per heavy atom. The first-order valence-electron chi connectivity index (χ1n) is 7.53. The van der Waals surface area contributed by atoms with Gasteiger partial charge in [0.25, 0.3) is 0 Å². The Kier molecular flexibility index (Phi) is 4.57. The highest BCUT2D eigenvalue weighted by atomic mass is 16.5. The van der Waals surface area contributed by atoms with E-state index in [1.165, 1.54) is 0 Å². The van der Waals surface area contributed by atoms with E-state index in [1.54, 1.807) is 0 Å². The van der Waals surface area contributed by atoms with Gasteiger partial charge in [0.1, 0.15) is 18.4 Å². The molecule has 5 heteroatoms. The van der Waals surface area contributed by atoms with Gasteiger partial charge in [-0.1, -0.05) is 42.5 Å². The second-order valence-corrected chi connectivity index (χ2v) is 5.46. The number of ether oxygens (including phenoxy) is 1. The smallest absolute Gasteiger partial charge is 0.243 e. The predicted octanol–water partition coefficient (Wildman–Crippen LogP) is 1.42. The molecule has 1 saturated heterocycles. The van der Waals surface area contributed by atoms with Gasteiger partial charge in [0.2, 0.25) is 11.8 Å². The number of benzene rings is 2. The molecule has 0 bridgehead atoms. The van der Waals surface area contributed by atoms with Crippen molar-refractivity contribution in [1.29, 1.82) is 0 Å². The van der Waals surface area contributed by atoms with E-state index < -0.39 is 6.04 Å². The van der Waals surface area contributed by atoms with Gasteiger partial charge in [0, 0.05) is 6.42 Å². The van der Waals surface area contributed by atoms with Crippen LogP contribution in [0.15, 0.2) is 54.6 Å². The zero-order valence-electron chi connectivity index (χ0n) is 12.6. The standard InChI is InChI=1S/C18H18N2O3/c21-17-11-19-18(22)16(20-17)10-13-6-8-15(9-7-13)23-12-14-4-2-1-3-5-14/h1-9,16H,10-12H2,(H,19,22)(H,20,21)/t16-/m0/s1. The minimum atomic E-state index is -0.507. The van der Waals surface area contributed by atoms with E-state index in [9.17, 15) is 9.59 Å². The molecule has 3 rings (SSSR count). The molecule has 2 N–H and O–H groups in total. The third kappa shape index (κ3) is 4.10. The molecule has 23 heavy (non-hydrogen) atoms. The van der Waals surface area contributed by atoms with Crippen molar-refractivity contribution in [3.05, 3.63) is 65.7 Å². The summed E-state index contributed by atoms with van der Waals surface area (Å²) >= 11 is 0. The highest BCUT2D eigenvalue weighted by Crippen LogP contribution is 2.15. The van der Waals surface area contributed by atoms with Crippen LogP contribution >= 0.6 is 0 Å². The Bertz CT molecular complexity index is 683. The second-order valence-electron chi connectivity index (χ2n) is 5.46. The Labute approximate surface area is 134 Å². The van der Waals surface area contributed by atoms with Gasteiger partial charge in [-0.3, -0.25) is 9.59 Å². The zero-order chi connectivity index (χ0) is 16.1. The molecular weight excluding hydrogens is 292 g/mol. The fourth-order valence-electron chi connectivity index (χ4n) is 2.44. The summed E-state index contributed by atoms with van der Waals surface area (Å²) in [5, 5.41) is 5.27. The predicted molar refractivity (Wildman–Crippen MR) is 85.9 cm³/mol. The van der Waals surface area contributed by atoms with Gasteiger partial charge in [-0.05, 0) is 23.3 Å². The quantitative estimate of drug-likeness (QED) is 0.878. The molecule has 1 aliphatic heterocycles. The summed E-state index contributed by atoms with van der Waals surface area (Å²) in [6.45, 7) is 0.572. The molecule has 1 heterocycles. The maximum atomic E-state index is 11.7. The van der Waals surface area contributed by atoms with E-state index in [4.69, 9.17) is 4.74 Å². The molecule has 1 fully saturated rings. The Hall–Kier alpha value is -2.82. The maximum Gasteiger partial charge on any atom is 0.243 e. The lowest BCUT2D eigenvalue weighted by Crippen LogP contribution is -2.56. The molecule has 1 aliphatic rings. The third-order valence-electron chi connectivity index (χ3n) is 3.69. The topological polar surface area (TPSA) is 67.4 Å². The summed E-state index contributed by atoms with van der Waals surface area (Å²) in [5.74, 6) is 0.473. The summed E-state index contributed by atoms with van der Waals surface area (Å²) in [5.41, 5.74) is 2.08. The molecule has 2 aromatic rings. The van der Waals surface area contributed by atoms with Gasteiger partial charge in [0.05, 0.1) is 6.54 Å². The van der Waals surface area contributed by atoms with Crippen molar-refractivity contribution in [3.63, 3.8) is 0 Å². The number of carbonyl (C=O) groups is 2. The van der Waals surface area contributed by atoms with Gasteiger partial charge < -0.3 is 15.4 Å². The van der Waals surface area contributed by atoms with Crippen molar-refractivity contribution < 1.29 is 14.3 Å². The Morgan fingerprint density at radius 2 is 1.70 bits per heavy atom. The van der Waals surface area contributed by atoms with E-state index in [0.29, 0.717) is 13.0 Å². The maximum absolute atomic E-state index is 11.7. The van der Waals surface area contributed by atoms with Crippen molar-refractivity contribution in [2.45, 2.75) is 19.1 Å². The number of piperazine rings is 1. The first-order valence-corrected chi connectivity index (χ1v) is 7.53. The average molecular weight is 310 g/mol. The van der Waals surface area contributed by atoms with Crippen LogP contribution in [0, 0.1) is 0 Å². The molecule has 1 atom stereocenters. The van der Waals surface area contributed by atoms with Crippen molar-refractivity contribution in [1.82, 2.24) is 10.6 Å². The molecule has 5 nitrogen and oxygen atoms in total. The van der Waals surface area contributed by atoms with Crippen LogP contribution in [0.5, 0.6) is 5.75 Å². The van der Waals surface area contributed by atoms with Crippen LogP contribution in [-0.2, 0) is 22.6 Å². The summed E-state index contributed by atoms with van der Waals surface area (Å²) in [6.07, 6.45) is 0.469. The minimum absolute atomic E-state index is 0.0571. The van der Waals surface area contributed by atoms with Crippen LogP contribution in [0.4, 0.5) is 0 Å². The minimum Gasteiger partial charge on any atom is -0.489 e. The fourth-order valence-corrected chi connectivity index (χ4v) is 2.44. The molecule has 0 radical (unpaired) electrons. The molecule has 0 aromatic heterocycles. The fraction of sp³-hybridized carbons (Fsp3) is 0.222. The Morgan fingerprint density at radius 3 is 2.43 bits per heavy atom. The SMILES string of the molecule is O=C1CNC(=O)[C@H](Cc2ccc(OCc3ccccc3)cc2)N1. The third-order valence-corrected chi connectivity index (χ3v) is 3.69. The monoisotopic (exact) mass is 310 g/mol. The van der Waals surface area contributed by atoms with E-state index in [1.807, 2.05) is 54.6 Å². The van der Waals surface area contributed by atoms with E-state index in [2.05, 4.69) is 10.6 Å². The number of amides is 2. The molecule has 2 amide bonds. The van der Waals surface area contributed by atoms with Crippen molar-refractivity contribution in [3.8, 4) is 5.75 Å². The molecule has 0 spiro atoms. The van der Waals surface area contributed by atoms with Crippen LogP contribution < -0.4 is 15.4 Å². The van der Waals surface area contributed by atoms with E-state index >= 15 is 0 Å². The summed E-state index contributed by atoms with van der Waals surface area (Å²) in [7, 11) is 0. The molecule has 2 aromatic carbocycles. The van der Waals surface area contributed by atoms with Gasteiger partial charge in [0.15, 0.2) is 0 Å². The van der Waals surface area contributed by atoms with Gasteiger partial charge in [-0.25, -0.2) is 0 Å². The summed E-state index contributed by atoms with van der Waals surface area (Å²) < 4.78 is 5.73. The number of hydrogen-bond donors (Lipinski definition) is 2. The average Bonchev–Trinajstić information content (AvgIpc) is 2.58. The van der Waals surface area contributed by atoms with Crippen LogP contribution in [0.3, 0.4) is 0 Å². The van der Waals surface area contributed by atoms with Crippen LogP contribution in [0.2, 0.25) is 0 Å². The van der Waals surface area contributed by atoms with Crippen molar-refractivity contribution in [2.24, 2.45) is 0 Å². The van der Waals surface area contributed by atoms with E-state index in [0.717, 1.165) is 16.9 Å². The molecule has 118 valence electrons. The number of carbonyl (C=O) groups excluding carboxylic acids is 2. The highest BCUT2D eigenvalue weighted by Gasteiger charge is 2.25. The zero-order valence-corrected chi connectivity index (χ0v) is 12.6. The van der Waals surface area contributed by atoms with Crippen molar-refractivity contribution in [2.75, 3.05) is 6.54 Å². The number of rotatable bonds is 5. The first kappa shape index (κ1) is 15.1. The lowest BCUT2D eigenvalue weighted by Gasteiger charge is -2.23. The summed E-state index contributed by atoms with van der Waals surface area (Å²) in [4.78, 5) is 23.1. The van der Waals surface area contributed by atoms with Crippen molar-refractivity contribution >= 4 is 11.8 Å². The number of nitrogens with one attached hydrogen (secondary N) is 2. The summed E-state index contributed by atoms with van der Waals surface area (Å²) in [6, 6.07) is 17.0. The van der Waals surface area contributed by atoms with Crippen LogP contribution in [-0.4, -0.2) is 24.4 Å². The van der Waals surface area contributed by atoms with Gasteiger partial charge >= 0.3 is 0 Å².